The van der Waals surface area contributed by atoms with E-state index in [2.05, 4.69) is 5.38 Å². The lowest BCUT2D eigenvalue weighted by Crippen LogP contribution is -2.19. The lowest BCUT2D eigenvalue weighted by molar-refractivity contribution is 0.0735. The minimum atomic E-state index is -0.411. The van der Waals surface area contributed by atoms with Gasteiger partial charge in [-0.15, -0.1) is 22.7 Å². The van der Waals surface area contributed by atoms with Gasteiger partial charge in [0.05, 0.1) is 32.2 Å². The third-order valence-electron chi connectivity index (χ3n) is 6.37. The fourth-order valence-electron chi connectivity index (χ4n) is 4.34. The van der Waals surface area contributed by atoms with E-state index in [9.17, 15) is 4.79 Å². The third kappa shape index (κ3) is 6.06. The monoisotopic (exact) mass is 547 g/mol. The summed E-state index contributed by atoms with van der Waals surface area (Å²) in [6, 6.07) is 17.2. The molecule has 0 atom stereocenters. The second-order valence-electron chi connectivity index (χ2n) is 8.89. The van der Waals surface area contributed by atoms with E-state index < -0.39 is 5.97 Å². The van der Waals surface area contributed by atoms with Crippen molar-refractivity contribution < 1.29 is 19.0 Å². The molecule has 38 heavy (non-hydrogen) atoms. The third-order valence-corrected chi connectivity index (χ3v) is 8.05. The van der Waals surface area contributed by atoms with Crippen molar-refractivity contribution >= 4 is 34.9 Å². The second-order valence-corrected chi connectivity index (χ2v) is 10.7. The Hall–Kier alpha value is -3.69. The molecule has 0 aliphatic heterocycles. The Bertz CT molecular complexity index is 1460. The number of hydrogen-bond acceptors (Lipinski definition) is 8. The number of carbonyl (C=O) groups excluding carboxylic acids is 1. The predicted molar refractivity (Wildman–Crippen MR) is 152 cm³/mol. The van der Waals surface area contributed by atoms with Crippen LogP contribution in [0.1, 0.15) is 47.3 Å². The van der Waals surface area contributed by atoms with Gasteiger partial charge in [-0.05, 0) is 72.3 Å². The summed E-state index contributed by atoms with van der Waals surface area (Å²) in [6.07, 6.45) is 7.72. The van der Waals surface area contributed by atoms with Crippen molar-refractivity contribution in [3.8, 4) is 28.5 Å². The minimum Gasteiger partial charge on any atom is -0.497 e. The van der Waals surface area contributed by atoms with E-state index >= 15 is 0 Å². The van der Waals surface area contributed by atoms with E-state index in [1.54, 1.807) is 50.0 Å². The topological polar surface area (TPSA) is 74.4 Å². The molecule has 2 heterocycles. The van der Waals surface area contributed by atoms with Gasteiger partial charge in [-0.25, -0.2) is 9.47 Å². The van der Waals surface area contributed by atoms with Gasteiger partial charge in [0.2, 0.25) is 4.80 Å². The number of carbonyl (C=O) groups is 1. The Kier molecular flexibility index (Phi) is 8.35. The maximum absolute atomic E-state index is 12.4. The number of nitrogens with zero attached hydrogens (tertiary/aromatic N) is 3. The van der Waals surface area contributed by atoms with Crippen LogP contribution in [0.25, 0.3) is 11.3 Å². The summed E-state index contributed by atoms with van der Waals surface area (Å²) in [5.41, 5.74) is 2.79. The average molecular weight is 548 g/mol. The number of rotatable bonds is 8. The zero-order valence-electron chi connectivity index (χ0n) is 21.3. The molecule has 1 saturated carbocycles. The largest absolute Gasteiger partial charge is 0.497 e. The van der Waals surface area contributed by atoms with Gasteiger partial charge in [-0.1, -0.05) is 25.3 Å². The van der Waals surface area contributed by atoms with Crippen molar-refractivity contribution in [3.63, 3.8) is 0 Å². The molecule has 0 spiro atoms. The van der Waals surface area contributed by atoms with Crippen LogP contribution in [-0.4, -0.2) is 37.1 Å². The maximum Gasteiger partial charge on any atom is 0.353 e. The van der Waals surface area contributed by atoms with Gasteiger partial charge in [0.15, 0.2) is 11.5 Å². The Balaban J connectivity index is 1.46. The molecule has 1 aliphatic carbocycles. The van der Waals surface area contributed by atoms with Gasteiger partial charge in [0.1, 0.15) is 10.6 Å². The molecule has 5 rings (SSSR count). The number of thiophene rings is 1. The van der Waals surface area contributed by atoms with Crippen LogP contribution in [0.4, 0.5) is 0 Å². The number of methoxy groups -OCH3 is 2. The Labute approximate surface area is 229 Å². The van der Waals surface area contributed by atoms with E-state index in [0.29, 0.717) is 22.4 Å². The molecule has 0 N–H and O–H groups in total. The molecule has 7 nitrogen and oxygen atoms in total. The molecule has 0 unspecified atom stereocenters. The molecule has 0 bridgehead atoms. The van der Waals surface area contributed by atoms with Crippen LogP contribution in [0, 0.1) is 0 Å². The lowest BCUT2D eigenvalue weighted by atomic mass is 9.96. The van der Waals surface area contributed by atoms with Crippen LogP contribution in [0.5, 0.6) is 17.2 Å². The van der Waals surface area contributed by atoms with Crippen molar-refractivity contribution in [2.24, 2.45) is 10.1 Å². The number of aromatic nitrogens is 1. The highest BCUT2D eigenvalue weighted by Gasteiger charge is 2.15. The zero-order chi connectivity index (χ0) is 26.3. The van der Waals surface area contributed by atoms with E-state index in [1.807, 2.05) is 46.5 Å². The first-order valence-corrected chi connectivity index (χ1v) is 14.3. The first-order chi connectivity index (χ1) is 18.6. The number of benzene rings is 2. The average Bonchev–Trinajstić information content (AvgIpc) is 3.64. The van der Waals surface area contributed by atoms with E-state index in [1.165, 1.54) is 30.6 Å². The fraction of sp³-hybridized carbons (Fsp3) is 0.276. The molecule has 1 fully saturated rings. The second kappa shape index (κ2) is 12.2. The van der Waals surface area contributed by atoms with Crippen molar-refractivity contribution in [3.05, 3.63) is 80.6 Å². The van der Waals surface area contributed by atoms with Gasteiger partial charge in [-0.2, -0.15) is 5.10 Å². The molecular weight excluding hydrogens is 518 g/mol. The number of ether oxygens (including phenoxy) is 3. The molecule has 0 radical (unpaired) electrons. The van der Waals surface area contributed by atoms with Crippen LogP contribution in [-0.2, 0) is 0 Å². The molecule has 2 aromatic carbocycles. The van der Waals surface area contributed by atoms with Gasteiger partial charge < -0.3 is 14.2 Å². The Morgan fingerprint density at radius 1 is 0.974 bits per heavy atom. The summed E-state index contributed by atoms with van der Waals surface area (Å²) in [7, 11) is 3.21. The summed E-state index contributed by atoms with van der Waals surface area (Å²) < 4.78 is 18.3. The highest BCUT2D eigenvalue weighted by Crippen LogP contribution is 2.29. The van der Waals surface area contributed by atoms with E-state index in [-0.39, 0.29) is 0 Å². The molecule has 0 saturated heterocycles. The van der Waals surface area contributed by atoms with E-state index in [0.717, 1.165) is 40.2 Å². The Morgan fingerprint density at radius 2 is 1.79 bits per heavy atom. The van der Waals surface area contributed by atoms with Crippen LogP contribution >= 0.6 is 22.7 Å². The summed E-state index contributed by atoms with van der Waals surface area (Å²) in [6.45, 7) is 0. The van der Waals surface area contributed by atoms with Crippen molar-refractivity contribution in [1.82, 2.24) is 4.68 Å². The van der Waals surface area contributed by atoms with Crippen LogP contribution < -0.4 is 19.0 Å². The summed E-state index contributed by atoms with van der Waals surface area (Å²) in [4.78, 5) is 18.9. The molecular formula is C29H29N3O4S2. The first kappa shape index (κ1) is 25.9. The molecule has 2 aromatic heterocycles. The zero-order valence-corrected chi connectivity index (χ0v) is 23.0. The highest BCUT2D eigenvalue weighted by atomic mass is 32.1. The normalized spacial score (nSPS) is 14.6. The van der Waals surface area contributed by atoms with Crippen molar-refractivity contribution in [1.29, 1.82) is 0 Å². The van der Waals surface area contributed by atoms with Crippen molar-refractivity contribution in [2.75, 3.05) is 14.2 Å². The van der Waals surface area contributed by atoms with E-state index in [4.69, 9.17) is 24.3 Å². The quantitative estimate of drug-likeness (QED) is 0.141. The first-order valence-electron chi connectivity index (χ1n) is 12.5. The van der Waals surface area contributed by atoms with Gasteiger partial charge in [0.25, 0.3) is 0 Å². The molecule has 196 valence electrons. The predicted octanol–water partition coefficient (Wildman–Crippen LogP) is 6.63. The standard InChI is InChI=1S/C29H29N3O4S2/c1-34-23-13-11-21(12-14-23)24-19-38-29(31-22-7-4-3-5-8-22)32(24)30-18-20-10-15-25(26(17-20)35-2)36-28(33)27-9-6-16-37-27/h6,9-19,22H,3-5,7-8H2,1-2H3. The lowest BCUT2D eigenvalue weighted by Gasteiger charge is -2.16. The molecule has 4 aromatic rings. The minimum absolute atomic E-state index is 0.324. The van der Waals surface area contributed by atoms with Gasteiger partial charge in [-0.3, -0.25) is 4.99 Å². The summed E-state index contributed by atoms with van der Waals surface area (Å²) in [5.74, 6) is 1.21. The van der Waals surface area contributed by atoms with Crippen molar-refractivity contribution in [2.45, 2.75) is 38.1 Å². The maximum atomic E-state index is 12.4. The SMILES string of the molecule is COc1ccc(-c2csc(=NC3CCCCC3)n2N=Cc2ccc(OC(=O)c3cccs3)c(OC)c2)cc1. The Morgan fingerprint density at radius 3 is 2.50 bits per heavy atom. The fourth-order valence-corrected chi connectivity index (χ4v) is 5.85. The number of thiazole rings is 1. The number of esters is 1. The molecule has 0 amide bonds. The van der Waals surface area contributed by atoms with Crippen LogP contribution in [0.15, 0.2) is 75.5 Å². The van der Waals surface area contributed by atoms with Gasteiger partial charge >= 0.3 is 5.97 Å². The number of hydrogen-bond donors (Lipinski definition) is 0. The highest BCUT2D eigenvalue weighted by molar-refractivity contribution is 7.12. The molecule has 9 heteroatoms. The van der Waals surface area contributed by atoms with Crippen LogP contribution in [0.2, 0.25) is 0 Å². The summed E-state index contributed by atoms with van der Waals surface area (Å²) in [5, 5.41) is 8.77. The van der Waals surface area contributed by atoms with Crippen LogP contribution in [0.3, 0.4) is 0 Å². The van der Waals surface area contributed by atoms with Gasteiger partial charge in [0, 0.05) is 10.9 Å². The smallest absolute Gasteiger partial charge is 0.353 e. The molecule has 1 aliphatic rings. The summed E-state index contributed by atoms with van der Waals surface area (Å²) >= 11 is 2.93.